The highest BCUT2D eigenvalue weighted by Gasteiger charge is 2.27. The van der Waals surface area contributed by atoms with E-state index >= 15 is 0 Å². The Bertz CT molecular complexity index is 173. The first-order chi connectivity index (χ1) is 7.19. The highest BCUT2D eigenvalue weighted by Crippen LogP contribution is 2.23. The predicted octanol–water partition coefficient (Wildman–Crippen LogP) is 2.22. The van der Waals surface area contributed by atoms with Crippen LogP contribution in [0.1, 0.15) is 33.1 Å². The van der Waals surface area contributed by atoms with Crippen molar-refractivity contribution >= 4 is 11.8 Å². The van der Waals surface area contributed by atoms with Crippen molar-refractivity contribution in [2.45, 2.75) is 45.3 Å². The van der Waals surface area contributed by atoms with Crippen LogP contribution in [0.3, 0.4) is 0 Å². The molecule has 1 aliphatic rings. The molecule has 0 aromatic heterocycles. The van der Waals surface area contributed by atoms with Gasteiger partial charge in [-0.3, -0.25) is 4.90 Å². The van der Waals surface area contributed by atoms with Gasteiger partial charge < -0.3 is 5.11 Å². The number of thioether (sulfide) groups is 1. The van der Waals surface area contributed by atoms with Gasteiger partial charge in [0.05, 0.1) is 6.10 Å². The average Bonchev–Trinajstić information content (AvgIpc) is 2.26. The Morgan fingerprint density at radius 2 is 2.07 bits per heavy atom. The summed E-state index contributed by atoms with van der Waals surface area (Å²) in [6.07, 6.45) is 3.23. The highest BCUT2D eigenvalue weighted by molar-refractivity contribution is 7.99. The summed E-state index contributed by atoms with van der Waals surface area (Å²) < 4.78 is 0. The van der Waals surface area contributed by atoms with E-state index in [-0.39, 0.29) is 6.10 Å². The number of rotatable bonds is 5. The van der Waals surface area contributed by atoms with E-state index in [1.807, 2.05) is 11.8 Å². The van der Waals surface area contributed by atoms with Gasteiger partial charge in [-0.15, -0.1) is 0 Å². The van der Waals surface area contributed by atoms with E-state index in [9.17, 15) is 5.11 Å². The number of aliphatic hydroxyl groups is 1. The van der Waals surface area contributed by atoms with Crippen molar-refractivity contribution in [1.29, 1.82) is 0 Å². The third kappa shape index (κ3) is 3.97. The zero-order valence-corrected chi connectivity index (χ0v) is 11.1. The minimum Gasteiger partial charge on any atom is -0.391 e. The number of hydrogen-bond donors (Lipinski definition) is 1. The van der Waals surface area contributed by atoms with Crippen LogP contribution in [0.15, 0.2) is 0 Å². The summed E-state index contributed by atoms with van der Waals surface area (Å²) in [5.74, 6) is 3.00. The summed E-state index contributed by atoms with van der Waals surface area (Å²) >= 11 is 1.98. The Morgan fingerprint density at radius 1 is 1.40 bits per heavy atom. The maximum absolute atomic E-state index is 10.2. The van der Waals surface area contributed by atoms with Gasteiger partial charge in [0.1, 0.15) is 0 Å². The van der Waals surface area contributed by atoms with Crippen molar-refractivity contribution in [3.8, 4) is 0 Å². The van der Waals surface area contributed by atoms with Gasteiger partial charge in [-0.1, -0.05) is 26.7 Å². The van der Waals surface area contributed by atoms with E-state index in [1.54, 1.807) is 0 Å². The van der Waals surface area contributed by atoms with Crippen LogP contribution in [0.5, 0.6) is 0 Å². The van der Waals surface area contributed by atoms with E-state index < -0.39 is 0 Å². The monoisotopic (exact) mass is 231 g/mol. The second kappa shape index (κ2) is 6.77. The summed E-state index contributed by atoms with van der Waals surface area (Å²) in [6, 6.07) is 0.379. The Morgan fingerprint density at radius 3 is 2.60 bits per heavy atom. The third-order valence-electron chi connectivity index (χ3n) is 3.62. The van der Waals surface area contributed by atoms with Crippen molar-refractivity contribution < 1.29 is 5.11 Å². The van der Waals surface area contributed by atoms with Gasteiger partial charge in [0.2, 0.25) is 0 Å². The van der Waals surface area contributed by atoms with E-state index in [0.29, 0.717) is 12.0 Å². The molecule has 3 heteroatoms. The van der Waals surface area contributed by atoms with Crippen LogP contribution in [0, 0.1) is 5.92 Å². The lowest BCUT2D eigenvalue weighted by Gasteiger charge is -2.36. The molecule has 0 aliphatic carbocycles. The van der Waals surface area contributed by atoms with Crippen molar-refractivity contribution in [3.05, 3.63) is 0 Å². The van der Waals surface area contributed by atoms with Crippen molar-refractivity contribution in [2.24, 2.45) is 5.92 Å². The van der Waals surface area contributed by atoms with Gasteiger partial charge in [-0.05, 0) is 19.4 Å². The highest BCUT2D eigenvalue weighted by atomic mass is 32.2. The van der Waals surface area contributed by atoms with E-state index in [0.717, 1.165) is 18.7 Å². The van der Waals surface area contributed by atoms with Gasteiger partial charge in [0.25, 0.3) is 0 Å². The molecule has 15 heavy (non-hydrogen) atoms. The first-order valence-corrected chi connectivity index (χ1v) is 7.30. The molecule has 0 aromatic rings. The fraction of sp³-hybridized carbons (Fsp3) is 1.00. The molecule has 0 bridgehead atoms. The molecule has 1 N–H and O–H groups in total. The number of hydrogen-bond acceptors (Lipinski definition) is 3. The first kappa shape index (κ1) is 13.3. The Balaban J connectivity index is 2.40. The Labute approximate surface area is 98.4 Å². The second-order valence-corrected chi connectivity index (χ2v) is 5.76. The summed E-state index contributed by atoms with van der Waals surface area (Å²) in [4.78, 5) is 2.32. The van der Waals surface area contributed by atoms with Gasteiger partial charge >= 0.3 is 0 Å². The van der Waals surface area contributed by atoms with Crippen LogP contribution in [-0.2, 0) is 0 Å². The number of aliphatic hydroxyl groups excluding tert-OH is 1. The van der Waals surface area contributed by atoms with E-state index in [4.69, 9.17) is 0 Å². The van der Waals surface area contributed by atoms with Crippen LogP contribution in [-0.4, -0.2) is 47.3 Å². The molecule has 1 rings (SSSR count). The quantitative estimate of drug-likeness (QED) is 0.785. The van der Waals surface area contributed by atoms with E-state index in [2.05, 4.69) is 25.8 Å². The maximum Gasteiger partial charge on any atom is 0.0705 e. The predicted molar refractivity (Wildman–Crippen MR) is 68.4 cm³/mol. The Hall–Kier alpha value is 0.270. The van der Waals surface area contributed by atoms with Gasteiger partial charge in [0.15, 0.2) is 0 Å². The zero-order chi connectivity index (χ0) is 11.3. The summed E-state index contributed by atoms with van der Waals surface area (Å²) in [6.45, 7) is 5.57. The lowest BCUT2D eigenvalue weighted by molar-refractivity contribution is 0.0552. The van der Waals surface area contributed by atoms with Gasteiger partial charge in [-0.2, -0.15) is 11.8 Å². The molecular weight excluding hydrogens is 206 g/mol. The van der Waals surface area contributed by atoms with E-state index in [1.165, 1.54) is 18.6 Å². The molecule has 1 fully saturated rings. The Kier molecular flexibility index (Phi) is 6.02. The first-order valence-electron chi connectivity index (χ1n) is 6.15. The molecule has 0 radical (unpaired) electrons. The minimum absolute atomic E-state index is 0.132. The van der Waals surface area contributed by atoms with Crippen LogP contribution >= 0.6 is 11.8 Å². The van der Waals surface area contributed by atoms with Crippen LogP contribution < -0.4 is 0 Å². The largest absolute Gasteiger partial charge is 0.391 e. The molecule has 0 amide bonds. The van der Waals surface area contributed by atoms with Crippen molar-refractivity contribution in [3.63, 3.8) is 0 Å². The fourth-order valence-electron chi connectivity index (χ4n) is 2.23. The SMILES string of the molecule is CCC(CC)CC(O)C1CSCCN1C. The molecule has 2 atom stereocenters. The average molecular weight is 231 g/mol. The fourth-order valence-corrected chi connectivity index (χ4v) is 3.53. The molecule has 1 saturated heterocycles. The number of likely N-dealkylation sites (N-methyl/N-ethyl adjacent to an activating group) is 1. The van der Waals surface area contributed by atoms with Crippen molar-refractivity contribution in [2.75, 3.05) is 25.1 Å². The molecule has 1 aliphatic heterocycles. The van der Waals surface area contributed by atoms with Gasteiger partial charge in [0, 0.05) is 24.1 Å². The lowest BCUT2D eigenvalue weighted by Crippen LogP contribution is -2.47. The minimum atomic E-state index is -0.132. The summed E-state index contributed by atoms with van der Waals surface area (Å²) in [7, 11) is 2.14. The van der Waals surface area contributed by atoms with Crippen LogP contribution in [0.2, 0.25) is 0 Å². The standard InChI is InChI=1S/C12H25NOS/c1-4-10(5-2)8-12(14)11-9-15-7-6-13(11)3/h10-12,14H,4-9H2,1-3H3. The molecule has 0 aromatic carbocycles. The zero-order valence-electron chi connectivity index (χ0n) is 10.3. The second-order valence-electron chi connectivity index (χ2n) is 4.61. The van der Waals surface area contributed by atoms with Gasteiger partial charge in [-0.25, -0.2) is 0 Å². The third-order valence-corrected chi connectivity index (χ3v) is 4.67. The number of nitrogens with zero attached hydrogens (tertiary/aromatic N) is 1. The summed E-state index contributed by atoms with van der Waals surface area (Å²) in [5, 5.41) is 10.2. The summed E-state index contributed by atoms with van der Waals surface area (Å²) in [5.41, 5.74) is 0. The normalized spacial score (nSPS) is 25.8. The van der Waals surface area contributed by atoms with Crippen molar-refractivity contribution in [1.82, 2.24) is 4.90 Å². The van der Waals surface area contributed by atoms with Crippen LogP contribution in [0.4, 0.5) is 0 Å². The molecule has 90 valence electrons. The molecule has 2 unspecified atom stereocenters. The smallest absolute Gasteiger partial charge is 0.0705 e. The lowest BCUT2D eigenvalue weighted by atomic mass is 9.93. The molecule has 1 heterocycles. The molecule has 0 saturated carbocycles. The maximum atomic E-state index is 10.2. The van der Waals surface area contributed by atoms with Crippen LogP contribution in [0.25, 0.3) is 0 Å². The topological polar surface area (TPSA) is 23.5 Å². The molecule has 0 spiro atoms. The molecule has 2 nitrogen and oxygen atoms in total. The molecular formula is C12H25NOS.